The van der Waals surface area contributed by atoms with Gasteiger partial charge in [0.05, 0.1) is 19.9 Å². The Labute approximate surface area is 138 Å². The molecule has 0 saturated carbocycles. The van der Waals surface area contributed by atoms with Crippen molar-refractivity contribution in [3.8, 4) is 17.3 Å². The summed E-state index contributed by atoms with van der Waals surface area (Å²) in [6.45, 7) is 0.965. The lowest BCUT2D eigenvalue weighted by molar-refractivity contribution is 0.0949. The number of hydrogen-bond donors (Lipinski definition) is 1. The zero-order chi connectivity index (χ0) is 16.9. The van der Waals surface area contributed by atoms with Crippen LogP contribution in [0.15, 0.2) is 37.1 Å². The molecule has 24 heavy (non-hydrogen) atoms. The van der Waals surface area contributed by atoms with Gasteiger partial charge in [0.15, 0.2) is 0 Å². The van der Waals surface area contributed by atoms with Crippen molar-refractivity contribution in [2.75, 3.05) is 13.7 Å². The third-order valence-electron chi connectivity index (χ3n) is 3.33. The number of ether oxygens (including phenoxy) is 1. The molecule has 3 aromatic rings. The fraction of sp³-hybridized carbons (Fsp3) is 0.267. The molecule has 1 amide bonds. The molecule has 0 aliphatic carbocycles. The molecule has 3 heterocycles. The van der Waals surface area contributed by atoms with Gasteiger partial charge in [0.2, 0.25) is 5.88 Å². The largest absolute Gasteiger partial charge is 0.479 e. The first kappa shape index (κ1) is 15.7. The van der Waals surface area contributed by atoms with E-state index in [4.69, 9.17) is 4.74 Å². The molecular formula is C15H17N7O2. The van der Waals surface area contributed by atoms with E-state index in [9.17, 15) is 4.79 Å². The van der Waals surface area contributed by atoms with Crippen LogP contribution >= 0.6 is 0 Å². The molecule has 0 unspecified atom stereocenters. The van der Waals surface area contributed by atoms with Crippen LogP contribution in [0.5, 0.6) is 5.88 Å². The minimum Gasteiger partial charge on any atom is -0.479 e. The Bertz CT molecular complexity index is 825. The Hall–Kier alpha value is -3.23. The van der Waals surface area contributed by atoms with Crippen molar-refractivity contribution < 1.29 is 9.53 Å². The monoisotopic (exact) mass is 327 g/mol. The van der Waals surface area contributed by atoms with Gasteiger partial charge in [0.1, 0.15) is 17.0 Å². The normalized spacial score (nSPS) is 10.6. The van der Waals surface area contributed by atoms with Crippen molar-refractivity contribution in [1.29, 1.82) is 0 Å². The number of carbonyl (C=O) groups excluding carboxylic acids is 1. The Morgan fingerprint density at radius 3 is 2.92 bits per heavy atom. The van der Waals surface area contributed by atoms with Gasteiger partial charge in [0.25, 0.3) is 5.91 Å². The first-order valence-corrected chi connectivity index (χ1v) is 7.33. The van der Waals surface area contributed by atoms with Crippen LogP contribution in [0.4, 0.5) is 0 Å². The summed E-state index contributed by atoms with van der Waals surface area (Å²) in [6.07, 6.45) is 8.34. The number of amides is 1. The van der Waals surface area contributed by atoms with Crippen LogP contribution in [-0.4, -0.2) is 49.1 Å². The number of hydrogen-bond acceptors (Lipinski definition) is 6. The number of rotatable bonds is 6. The molecule has 0 saturated heterocycles. The zero-order valence-electron chi connectivity index (χ0n) is 13.4. The molecule has 0 fully saturated rings. The van der Waals surface area contributed by atoms with Crippen LogP contribution < -0.4 is 10.1 Å². The molecule has 0 atom stereocenters. The number of aromatic nitrogens is 6. The lowest BCUT2D eigenvalue weighted by atomic mass is 10.3. The standard InChI is InChI=1S/C15H17N7O2/c1-21-10-11(15(20-21)24-2)14(23)18-6-8-22-7-3-12(19-22)13-9-16-4-5-17-13/h3-5,7,9-10H,6,8H2,1-2H3,(H,18,23). The third kappa shape index (κ3) is 3.40. The summed E-state index contributed by atoms with van der Waals surface area (Å²) < 4.78 is 8.36. The van der Waals surface area contributed by atoms with Gasteiger partial charge in [-0.25, -0.2) is 0 Å². The topological polar surface area (TPSA) is 99.8 Å². The lowest BCUT2D eigenvalue weighted by Crippen LogP contribution is -2.27. The summed E-state index contributed by atoms with van der Waals surface area (Å²) >= 11 is 0. The van der Waals surface area contributed by atoms with Crippen LogP contribution in [0.2, 0.25) is 0 Å². The average Bonchev–Trinajstić information content (AvgIpc) is 3.22. The molecule has 3 rings (SSSR count). The van der Waals surface area contributed by atoms with E-state index >= 15 is 0 Å². The number of nitrogens with zero attached hydrogens (tertiary/aromatic N) is 6. The highest BCUT2D eigenvalue weighted by Gasteiger charge is 2.15. The van der Waals surface area contributed by atoms with Crippen LogP contribution in [0.3, 0.4) is 0 Å². The lowest BCUT2D eigenvalue weighted by Gasteiger charge is -2.05. The van der Waals surface area contributed by atoms with Gasteiger partial charge < -0.3 is 10.1 Å². The van der Waals surface area contributed by atoms with Gasteiger partial charge in [-0.05, 0) is 6.07 Å². The Morgan fingerprint density at radius 1 is 1.29 bits per heavy atom. The number of methoxy groups -OCH3 is 1. The van der Waals surface area contributed by atoms with Gasteiger partial charge in [-0.2, -0.15) is 5.10 Å². The molecule has 0 spiro atoms. The molecule has 124 valence electrons. The fourth-order valence-electron chi connectivity index (χ4n) is 2.21. The maximum absolute atomic E-state index is 12.2. The van der Waals surface area contributed by atoms with Crippen molar-refractivity contribution in [2.24, 2.45) is 7.05 Å². The molecule has 0 aromatic carbocycles. The van der Waals surface area contributed by atoms with E-state index in [1.807, 2.05) is 12.3 Å². The SMILES string of the molecule is COc1nn(C)cc1C(=O)NCCn1ccc(-c2cnccn2)n1. The summed E-state index contributed by atoms with van der Waals surface area (Å²) in [5.41, 5.74) is 1.85. The quantitative estimate of drug-likeness (QED) is 0.708. The van der Waals surface area contributed by atoms with Crippen LogP contribution in [0, 0.1) is 0 Å². The summed E-state index contributed by atoms with van der Waals surface area (Å²) in [5.74, 6) is 0.0697. The summed E-state index contributed by atoms with van der Waals surface area (Å²) in [6, 6.07) is 1.86. The highest BCUT2D eigenvalue weighted by Crippen LogP contribution is 2.14. The number of aryl methyl sites for hydroxylation is 1. The van der Waals surface area contributed by atoms with Crippen molar-refractivity contribution in [1.82, 2.24) is 34.8 Å². The van der Waals surface area contributed by atoms with E-state index in [-0.39, 0.29) is 5.91 Å². The van der Waals surface area contributed by atoms with E-state index in [1.54, 1.807) is 36.5 Å². The van der Waals surface area contributed by atoms with E-state index in [1.165, 1.54) is 11.8 Å². The molecule has 1 N–H and O–H groups in total. The third-order valence-corrected chi connectivity index (χ3v) is 3.33. The molecule has 0 aliphatic heterocycles. The van der Waals surface area contributed by atoms with Gasteiger partial charge in [-0.15, -0.1) is 5.10 Å². The van der Waals surface area contributed by atoms with Crippen LogP contribution in [0.1, 0.15) is 10.4 Å². The van der Waals surface area contributed by atoms with E-state index in [2.05, 4.69) is 25.5 Å². The second-order valence-corrected chi connectivity index (χ2v) is 5.04. The predicted molar refractivity (Wildman–Crippen MR) is 85.3 cm³/mol. The Morgan fingerprint density at radius 2 is 2.17 bits per heavy atom. The highest BCUT2D eigenvalue weighted by molar-refractivity contribution is 5.96. The zero-order valence-corrected chi connectivity index (χ0v) is 13.4. The molecular weight excluding hydrogens is 310 g/mol. The minimum atomic E-state index is -0.235. The van der Waals surface area contributed by atoms with Crippen molar-refractivity contribution in [3.05, 3.63) is 42.6 Å². The van der Waals surface area contributed by atoms with Gasteiger partial charge in [-0.1, -0.05) is 0 Å². The minimum absolute atomic E-state index is 0.235. The van der Waals surface area contributed by atoms with E-state index in [0.29, 0.717) is 30.2 Å². The van der Waals surface area contributed by atoms with Gasteiger partial charge >= 0.3 is 0 Å². The van der Waals surface area contributed by atoms with Crippen molar-refractivity contribution in [3.63, 3.8) is 0 Å². The molecule has 0 radical (unpaired) electrons. The Kier molecular flexibility index (Phi) is 4.50. The summed E-state index contributed by atoms with van der Waals surface area (Å²) in [4.78, 5) is 20.4. The highest BCUT2D eigenvalue weighted by atomic mass is 16.5. The van der Waals surface area contributed by atoms with Crippen molar-refractivity contribution in [2.45, 2.75) is 6.54 Å². The second kappa shape index (κ2) is 6.90. The maximum atomic E-state index is 12.2. The summed E-state index contributed by atoms with van der Waals surface area (Å²) in [7, 11) is 3.22. The summed E-state index contributed by atoms with van der Waals surface area (Å²) in [5, 5.41) is 11.3. The second-order valence-electron chi connectivity index (χ2n) is 5.04. The van der Waals surface area contributed by atoms with Gasteiger partial charge in [0, 0.05) is 38.4 Å². The van der Waals surface area contributed by atoms with Crippen LogP contribution in [-0.2, 0) is 13.6 Å². The Balaban J connectivity index is 1.57. The predicted octanol–water partition coefficient (Wildman–Crippen LogP) is 0.512. The van der Waals surface area contributed by atoms with E-state index < -0.39 is 0 Å². The number of carbonyl (C=O) groups is 1. The molecule has 0 bridgehead atoms. The average molecular weight is 327 g/mol. The molecule has 9 nitrogen and oxygen atoms in total. The molecule has 0 aliphatic rings. The first-order valence-electron chi connectivity index (χ1n) is 7.33. The van der Waals surface area contributed by atoms with Gasteiger partial charge in [-0.3, -0.25) is 24.1 Å². The smallest absolute Gasteiger partial charge is 0.258 e. The first-order chi connectivity index (χ1) is 11.7. The fourth-order valence-corrected chi connectivity index (χ4v) is 2.21. The molecule has 3 aromatic heterocycles. The molecule has 9 heteroatoms. The number of nitrogens with one attached hydrogen (secondary N) is 1. The van der Waals surface area contributed by atoms with Crippen molar-refractivity contribution >= 4 is 5.91 Å². The van der Waals surface area contributed by atoms with Crippen LogP contribution in [0.25, 0.3) is 11.4 Å². The van der Waals surface area contributed by atoms with E-state index in [0.717, 1.165) is 5.69 Å². The maximum Gasteiger partial charge on any atom is 0.258 e.